The summed E-state index contributed by atoms with van der Waals surface area (Å²) in [6.45, 7) is 6.83. The Hall–Kier alpha value is -1.34. The highest BCUT2D eigenvalue weighted by Crippen LogP contribution is 2.30. The normalized spacial score (nSPS) is 13.8. The Morgan fingerprint density at radius 1 is 1.25 bits per heavy atom. The summed E-state index contributed by atoms with van der Waals surface area (Å²) in [6, 6.07) is 2.07. The minimum atomic E-state index is -4.26. The van der Waals surface area contributed by atoms with E-state index in [-0.39, 0.29) is 13.0 Å². The summed E-state index contributed by atoms with van der Waals surface area (Å²) in [5, 5.41) is 2.62. The van der Waals surface area contributed by atoms with Crippen molar-refractivity contribution in [3.05, 3.63) is 23.9 Å². The lowest BCUT2D eigenvalue weighted by Gasteiger charge is -2.28. The van der Waals surface area contributed by atoms with E-state index < -0.39 is 17.6 Å². The van der Waals surface area contributed by atoms with Crippen molar-refractivity contribution >= 4 is 5.82 Å². The van der Waals surface area contributed by atoms with Crippen LogP contribution in [0.2, 0.25) is 0 Å². The number of hydrogen-bond acceptors (Lipinski definition) is 4. The first-order valence-electron chi connectivity index (χ1n) is 7.98. The smallest absolute Gasteiger partial charge is 0.383 e. The molecule has 24 heavy (non-hydrogen) atoms. The lowest BCUT2D eigenvalue weighted by atomic mass is 9.88. The van der Waals surface area contributed by atoms with Gasteiger partial charge in [0.2, 0.25) is 0 Å². The highest BCUT2D eigenvalue weighted by molar-refractivity contribution is 5.38. The van der Waals surface area contributed by atoms with Gasteiger partial charge in [0, 0.05) is 33.4 Å². The van der Waals surface area contributed by atoms with Crippen molar-refractivity contribution < 1.29 is 17.9 Å². The third kappa shape index (κ3) is 7.49. The molecule has 0 fully saturated rings. The number of halogens is 3. The number of nitrogens with one attached hydrogen (secondary N) is 1. The van der Waals surface area contributed by atoms with E-state index in [9.17, 15) is 13.2 Å². The number of hydrogen-bond donors (Lipinski definition) is 1. The first-order valence-corrected chi connectivity index (χ1v) is 7.98. The second kappa shape index (κ2) is 8.67. The molecule has 1 heterocycles. The molecule has 0 aliphatic heterocycles. The van der Waals surface area contributed by atoms with Crippen molar-refractivity contribution in [1.29, 1.82) is 0 Å². The molecule has 0 bridgehead atoms. The number of methoxy groups -OCH3 is 1. The average Bonchev–Trinajstić information content (AvgIpc) is 2.47. The summed E-state index contributed by atoms with van der Waals surface area (Å²) in [4.78, 5) is 6.22. The van der Waals surface area contributed by atoms with Gasteiger partial charge in [-0.05, 0) is 23.5 Å². The van der Waals surface area contributed by atoms with Gasteiger partial charge in [-0.25, -0.2) is 4.98 Å². The monoisotopic (exact) mass is 347 g/mol. The highest BCUT2D eigenvalue weighted by atomic mass is 19.4. The zero-order valence-electron chi connectivity index (χ0n) is 15.1. The van der Waals surface area contributed by atoms with Crippen LogP contribution in [0, 0.1) is 5.41 Å². The van der Waals surface area contributed by atoms with Gasteiger partial charge < -0.3 is 15.0 Å². The van der Waals surface area contributed by atoms with E-state index in [2.05, 4.69) is 10.3 Å². The predicted molar refractivity (Wildman–Crippen MR) is 90.1 cm³/mol. The molecule has 0 aliphatic carbocycles. The Bertz CT molecular complexity index is 483. The van der Waals surface area contributed by atoms with Gasteiger partial charge >= 0.3 is 6.18 Å². The molecule has 1 aromatic heterocycles. The Morgan fingerprint density at radius 3 is 2.38 bits per heavy atom. The average molecular weight is 347 g/mol. The van der Waals surface area contributed by atoms with E-state index in [0.29, 0.717) is 13.2 Å². The van der Waals surface area contributed by atoms with E-state index in [1.807, 2.05) is 11.9 Å². The summed E-state index contributed by atoms with van der Waals surface area (Å²) >= 11 is 0. The van der Waals surface area contributed by atoms with Crippen LogP contribution in [0.5, 0.6) is 0 Å². The molecule has 0 aromatic carbocycles. The van der Waals surface area contributed by atoms with E-state index >= 15 is 0 Å². The van der Waals surface area contributed by atoms with Crippen LogP contribution in [0.1, 0.15) is 32.8 Å². The Labute approximate surface area is 142 Å². The quantitative estimate of drug-likeness (QED) is 0.779. The van der Waals surface area contributed by atoms with Crippen molar-refractivity contribution in [2.45, 2.75) is 46.0 Å². The van der Waals surface area contributed by atoms with Gasteiger partial charge in [0.1, 0.15) is 11.9 Å². The highest BCUT2D eigenvalue weighted by Gasteiger charge is 2.41. The van der Waals surface area contributed by atoms with Crippen molar-refractivity contribution in [2.24, 2.45) is 5.41 Å². The van der Waals surface area contributed by atoms with Crippen LogP contribution in [0.4, 0.5) is 19.0 Å². The summed E-state index contributed by atoms with van der Waals surface area (Å²) in [5.41, 5.74) is 0.321. The van der Waals surface area contributed by atoms with E-state index in [4.69, 9.17) is 4.74 Å². The molecular weight excluding hydrogens is 319 g/mol. The van der Waals surface area contributed by atoms with Crippen LogP contribution in [-0.2, 0) is 11.3 Å². The minimum absolute atomic E-state index is 0.0295. The topological polar surface area (TPSA) is 37.4 Å². The summed E-state index contributed by atoms with van der Waals surface area (Å²) in [7, 11) is 3.52. The lowest BCUT2D eigenvalue weighted by Crippen LogP contribution is -2.44. The number of anilines is 1. The molecule has 0 spiro atoms. The fourth-order valence-corrected chi connectivity index (χ4v) is 2.25. The zero-order valence-corrected chi connectivity index (χ0v) is 15.1. The van der Waals surface area contributed by atoms with Gasteiger partial charge in [-0.3, -0.25) is 0 Å². The molecule has 1 atom stereocenters. The first kappa shape index (κ1) is 20.7. The van der Waals surface area contributed by atoms with Gasteiger partial charge in [0.25, 0.3) is 0 Å². The van der Waals surface area contributed by atoms with Gasteiger partial charge in [-0.2, -0.15) is 13.2 Å². The van der Waals surface area contributed by atoms with Crippen molar-refractivity contribution in [1.82, 2.24) is 10.3 Å². The maximum absolute atomic E-state index is 13.1. The van der Waals surface area contributed by atoms with E-state index in [1.165, 1.54) is 0 Å². The molecule has 0 aliphatic rings. The van der Waals surface area contributed by atoms with Crippen LogP contribution in [0.15, 0.2) is 18.3 Å². The number of rotatable bonds is 8. The molecule has 1 rings (SSSR count). The van der Waals surface area contributed by atoms with Gasteiger partial charge in [-0.1, -0.05) is 26.8 Å². The Kier molecular flexibility index (Phi) is 7.48. The third-order valence-electron chi connectivity index (χ3n) is 3.60. The number of ether oxygens (including phenoxy) is 1. The maximum atomic E-state index is 13.1. The molecular formula is C17H28F3N3O. The standard InChI is InChI=1S/C17H28F3N3O/c1-16(2,3)10-14(17(18,19)20)21-11-13-6-7-15(22-12-13)23(4)8-9-24-5/h6-7,12,14,21H,8-11H2,1-5H3. The molecule has 4 nitrogen and oxygen atoms in total. The molecule has 0 saturated heterocycles. The zero-order chi connectivity index (χ0) is 18.4. The minimum Gasteiger partial charge on any atom is -0.383 e. The number of nitrogens with zero attached hydrogens (tertiary/aromatic N) is 2. The van der Waals surface area contributed by atoms with Gasteiger partial charge in [0.15, 0.2) is 0 Å². The largest absolute Gasteiger partial charge is 0.403 e. The molecule has 1 aromatic rings. The van der Waals surface area contributed by atoms with Crippen LogP contribution < -0.4 is 10.2 Å². The van der Waals surface area contributed by atoms with Gasteiger partial charge in [0.05, 0.1) is 6.61 Å². The van der Waals surface area contributed by atoms with E-state index in [1.54, 1.807) is 46.2 Å². The number of aromatic nitrogens is 1. The second-order valence-corrected chi connectivity index (χ2v) is 7.18. The second-order valence-electron chi connectivity index (χ2n) is 7.18. The lowest BCUT2D eigenvalue weighted by molar-refractivity contribution is -0.162. The van der Waals surface area contributed by atoms with Crippen LogP contribution >= 0.6 is 0 Å². The summed E-state index contributed by atoms with van der Waals surface area (Å²) in [5.74, 6) is 0.762. The Morgan fingerprint density at radius 2 is 1.92 bits per heavy atom. The number of likely N-dealkylation sites (N-methyl/N-ethyl adjacent to an activating group) is 1. The van der Waals surface area contributed by atoms with E-state index in [0.717, 1.165) is 11.4 Å². The number of alkyl halides is 3. The van der Waals surface area contributed by atoms with Crippen molar-refractivity contribution in [3.63, 3.8) is 0 Å². The summed E-state index contributed by atoms with van der Waals surface area (Å²) in [6.07, 6.45) is -2.63. The molecule has 0 saturated carbocycles. The fraction of sp³-hybridized carbons (Fsp3) is 0.706. The maximum Gasteiger partial charge on any atom is 0.403 e. The van der Waals surface area contributed by atoms with Crippen LogP contribution in [-0.4, -0.2) is 44.5 Å². The van der Waals surface area contributed by atoms with Crippen molar-refractivity contribution in [3.8, 4) is 0 Å². The fourth-order valence-electron chi connectivity index (χ4n) is 2.25. The molecule has 0 amide bonds. The molecule has 1 N–H and O–H groups in total. The number of pyridine rings is 1. The molecule has 138 valence electrons. The molecule has 7 heteroatoms. The predicted octanol–water partition coefficient (Wildman–Crippen LogP) is 3.62. The Balaban J connectivity index is 2.65. The van der Waals surface area contributed by atoms with Gasteiger partial charge in [-0.15, -0.1) is 0 Å². The molecule has 0 radical (unpaired) electrons. The van der Waals surface area contributed by atoms with Crippen LogP contribution in [0.25, 0.3) is 0 Å². The van der Waals surface area contributed by atoms with Crippen molar-refractivity contribution in [2.75, 3.05) is 32.2 Å². The third-order valence-corrected chi connectivity index (χ3v) is 3.60. The molecule has 1 unspecified atom stereocenters. The SMILES string of the molecule is COCCN(C)c1ccc(CNC(CC(C)(C)C)C(F)(F)F)cn1. The summed E-state index contributed by atoms with van der Waals surface area (Å²) < 4.78 is 44.4. The van der Waals surface area contributed by atoms with Crippen LogP contribution in [0.3, 0.4) is 0 Å². The first-order chi connectivity index (χ1) is 11.0.